The summed E-state index contributed by atoms with van der Waals surface area (Å²) in [6.45, 7) is 4.37. The molecule has 1 aromatic rings. The van der Waals surface area contributed by atoms with Crippen LogP contribution >= 0.6 is 0 Å². The third kappa shape index (κ3) is 3.33. The molecule has 0 spiro atoms. The highest BCUT2D eigenvalue weighted by Gasteiger charge is 2.17. The fourth-order valence-electron chi connectivity index (χ4n) is 2.69. The van der Waals surface area contributed by atoms with Crippen LogP contribution in [0.2, 0.25) is 0 Å². The summed E-state index contributed by atoms with van der Waals surface area (Å²) in [4.78, 5) is 4.52. The summed E-state index contributed by atoms with van der Waals surface area (Å²) in [5.74, 6) is 0. The number of aliphatic hydroxyl groups excluding tert-OH is 1. The Morgan fingerprint density at radius 3 is 3.06 bits per heavy atom. The molecule has 4 nitrogen and oxygen atoms in total. The van der Waals surface area contributed by atoms with Crippen molar-refractivity contribution in [3.8, 4) is 0 Å². The van der Waals surface area contributed by atoms with E-state index in [9.17, 15) is 0 Å². The van der Waals surface area contributed by atoms with Gasteiger partial charge in [0.25, 0.3) is 0 Å². The van der Waals surface area contributed by atoms with E-state index in [2.05, 4.69) is 21.8 Å². The largest absolute Gasteiger partial charge is 0.396 e. The van der Waals surface area contributed by atoms with Gasteiger partial charge in [0, 0.05) is 24.9 Å². The van der Waals surface area contributed by atoms with Crippen molar-refractivity contribution in [2.24, 2.45) is 0 Å². The number of aromatic nitrogens is 2. The number of aryl methyl sites for hydroxylation is 1. The summed E-state index contributed by atoms with van der Waals surface area (Å²) in [5, 5.41) is 12.6. The predicted molar refractivity (Wildman–Crippen MR) is 72.7 cm³/mol. The number of hydrogen-bond acceptors (Lipinski definition) is 3. The Labute approximate surface area is 109 Å². The maximum atomic E-state index is 9.14. The van der Waals surface area contributed by atoms with E-state index in [-0.39, 0.29) is 6.61 Å². The van der Waals surface area contributed by atoms with E-state index in [1.807, 2.05) is 6.33 Å². The maximum Gasteiger partial charge on any atom is 0.0952 e. The van der Waals surface area contributed by atoms with Crippen LogP contribution in [0, 0.1) is 0 Å². The summed E-state index contributed by atoms with van der Waals surface area (Å²) in [6.07, 6.45) is 8.78. The molecule has 0 fully saturated rings. The normalized spacial score (nSPS) is 16.6. The van der Waals surface area contributed by atoms with Crippen LogP contribution in [0.4, 0.5) is 0 Å². The molecule has 2 rings (SSSR count). The molecule has 1 atom stereocenters. The number of fused-ring (bicyclic) bond motifs is 1. The first-order chi connectivity index (χ1) is 8.85. The van der Waals surface area contributed by atoms with E-state index < -0.39 is 0 Å². The zero-order valence-electron chi connectivity index (χ0n) is 11.4. The molecule has 102 valence electrons. The van der Waals surface area contributed by atoms with Crippen molar-refractivity contribution in [3.05, 3.63) is 17.7 Å². The van der Waals surface area contributed by atoms with Crippen LogP contribution in [-0.4, -0.2) is 33.9 Å². The third-order valence-electron chi connectivity index (χ3n) is 3.69. The monoisotopic (exact) mass is 251 g/mol. The molecule has 2 N–H and O–H groups in total. The van der Waals surface area contributed by atoms with Crippen LogP contribution in [-0.2, 0) is 19.4 Å². The highest BCUT2D eigenvalue weighted by Crippen LogP contribution is 2.20. The predicted octanol–water partition coefficient (Wildman–Crippen LogP) is 1.51. The lowest BCUT2D eigenvalue weighted by atomic mass is 10.0. The Morgan fingerprint density at radius 1 is 1.44 bits per heavy atom. The summed E-state index contributed by atoms with van der Waals surface area (Å²) < 4.78 is 2.29. The number of rotatable bonds is 7. The lowest BCUT2D eigenvalue weighted by Gasteiger charge is -2.21. The SMILES string of the molecule is CCCNC(CCO)Cn1cnc2c1CCCC2. The minimum Gasteiger partial charge on any atom is -0.396 e. The minimum absolute atomic E-state index is 0.248. The Balaban J connectivity index is 1.99. The van der Waals surface area contributed by atoms with Crippen molar-refractivity contribution in [1.29, 1.82) is 0 Å². The number of hydrogen-bond donors (Lipinski definition) is 2. The average Bonchev–Trinajstić information content (AvgIpc) is 2.80. The number of nitrogens with zero attached hydrogens (tertiary/aromatic N) is 2. The third-order valence-corrected chi connectivity index (χ3v) is 3.69. The van der Waals surface area contributed by atoms with Crippen molar-refractivity contribution in [2.75, 3.05) is 13.2 Å². The van der Waals surface area contributed by atoms with Crippen molar-refractivity contribution >= 4 is 0 Å². The van der Waals surface area contributed by atoms with Gasteiger partial charge in [-0.1, -0.05) is 6.92 Å². The van der Waals surface area contributed by atoms with Gasteiger partial charge in [0.15, 0.2) is 0 Å². The second-order valence-electron chi connectivity index (χ2n) is 5.16. The van der Waals surface area contributed by atoms with Gasteiger partial charge in [-0.15, -0.1) is 0 Å². The molecule has 4 heteroatoms. The highest BCUT2D eigenvalue weighted by molar-refractivity contribution is 5.16. The number of aliphatic hydroxyl groups is 1. The lowest BCUT2D eigenvalue weighted by molar-refractivity contribution is 0.256. The molecular weight excluding hydrogens is 226 g/mol. The van der Waals surface area contributed by atoms with Crippen LogP contribution < -0.4 is 5.32 Å². The lowest BCUT2D eigenvalue weighted by Crippen LogP contribution is -2.35. The summed E-state index contributed by atoms with van der Waals surface area (Å²) in [5.41, 5.74) is 2.71. The molecule has 0 bridgehead atoms. The standard InChI is InChI=1S/C14H25N3O/c1-2-8-15-12(7-9-18)10-17-11-16-13-5-3-4-6-14(13)17/h11-12,15,18H,2-10H2,1H3. The molecule has 1 unspecified atom stereocenters. The molecule has 0 radical (unpaired) electrons. The molecule has 0 saturated carbocycles. The highest BCUT2D eigenvalue weighted by atomic mass is 16.3. The van der Waals surface area contributed by atoms with Gasteiger partial charge in [0.05, 0.1) is 12.0 Å². The smallest absolute Gasteiger partial charge is 0.0952 e. The first kappa shape index (κ1) is 13.6. The Hall–Kier alpha value is -0.870. The molecule has 0 aliphatic heterocycles. The van der Waals surface area contributed by atoms with Crippen molar-refractivity contribution in [2.45, 2.75) is 58.0 Å². The first-order valence-electron chi connectivity index (χ1n) is 7.22. The molecular formula is C14H25N3O. The minimum atomic E-state index is 0.248. The quantitative estimate of drug-likeness (QED) is 0.772. The van der Waals surface area contributed by atoms with Gasteiger partial charge < -0.3 is 15.0 Å². The van der Waals surface area contributed by atoms with Crippen LogP contribution in [0.3, 0.4) is 0 Å². The number of nitrogens with one attached hydrogen (secondary N) is 1. The summed E-state index contributed by atoms with van der Waals surface area (Å²) >= 11 is 0. The molecule has 1 aliphatic rings. The van der Waals surface area contributed by atoms with E-state index in [0.717, 1.165) is 38.8 Å². The van der Waals surface area contributed by atoms with Gasteiger partial charge in [-0.25, -0.2) is 4.98 Å². The molecule has 1 aromatic heterocycles. The van der Waals surface area contributed by atoms with Crippen LogP contribution in [0.15, 0.2) is 6.33 Å². The van der Waals surface area contributed by atoms with Gasteiger partial charge in [0.1, 0.15) is 0 Å². The van der Waals surface area contributed by atoms with Crippen LogP contribution in [0.5, 0.6) is 0 Å². The maximum absolute atomic E-state index is 9.14. The molecule has 0 aromatic carbocycles. The number of imidazole rings is 1. The first-order valence-corrected chi connectivity index (χ1v) is 7.22. The molecule has 0 saturated heterocycles. The second-order valence-corrected chi connectivity index (χ2v) is 5.16. The van der Waals surface area contributed by atoms with Gasteiger partial charge >= 0.3 is 0 Å². The fraction of sp³-hybridized carbons (Fsp3) is 0.786. The van der Waals surface area contributed by atoms with E-state index in [4.69, 9.17) is 5.11 Å². The molecule has 18 heavy (non-hydrogen) atoms. The summed E-state index contributed by atoms with van der Waals surface area (Å²) in [6, 6.07) is 0.357. The van der Waals surface area contributed by atoms with E-state index in [1.54, 1.807) is 0 Å². The van der Waals surface area contributed by atoms with Gasteiger partial charge in [-0.2, -0.15) is 0 Å². The molecule has 0 amide bonds. The van der Waals surface area contributed by atoms with Crippen molar-refractivity contribution < 1.29 is 5.11 Å². The second kappa shape index (κ2) is 6.90. The van der Waals surface area contributed by atoms with Gasteiger partial charge in [-0.3, -0.25) is 0 Å². The van der Waals surface area contributed by atoms with E-state index in [0.29, 0.717) is 6.04 Å². The summed E-state index contributed by atoms with van der Waals surface area (Å²) in [7, 11) is 0. The van der Waals surface area contributed by atoms with Gasteiger partial charge in [0.2, 0.25) is 0 Å². The molecule has 1 aliphatic carbocycles. The van der Waals surface area contributed by atoms with Crippen LogP contribution in [0.1, 0.15) is 44.0 Å². The Bertz CT molecular complexity index is 362. The molecule has 1 heterocycles. The van der Waals surface area contributed by atoms with Crippen molar-refractivity contribution in [1.82, 2.24) is 14.9 Å². The van der Waals surface area contributed by atoms with Crippen LogP contribution in [0.25, 0.3) is 0 Å². The van der Waals surface area contributed by atoms with Gasteiger partial charge in [-0.05, 0) is 45.1 Å². The Kier molecular flexibility index (Phi) is 5.20. The van der Waals surface area contributed by atoms with Crippen molar-refractivity contribution in [3.63, 3.8) is 0 Å². The van der Waals surface area contributed by atoms with E-state index >= 15 is 0 Å². The average molecular weight is 251 g/mol. The zero-order valence-corrected chi connectivity index (χ0v) is 11.4. The fourth-order valence-corrected chi connectivity index (χ4v) is 2.69. The zero-order chi connectivity index (χ0) is 12.8. The van der Waals surface area contributed by atoms with E-state index in [1.165, 1.54) is 24.2 Å². The topological polar surface area (TPSA) is 50.1 Å². The Morgan fingerprint density at radius 2 is 2.28 bits per heavy atom.